The van der Waals surface area contributed by atoms with Crippen molar-refractivity contribution in [2.24, 2.45) is 7.05 Å². The number of para-hydroxylation sites is 1. The van der Waals surface area contributed by atoms with Gasteiger partial charge in [0.05, 0.1) is 5.52 Å². The van der Waals surface area contributed by atoms with Crippen LogP contribution in [0.3, 0.4) is 0 Å². The molecule has 0 amide bonds. The number of benzene rings is 1. The fraction of sp³-hybridized carbons (Fsp3) is 0.467. The standard InChI is InChI=1S/C15H19FN2/c1-17-10-12(11-18-8-3-2-4-9-18)13-6-5-7-14(16)15(13)17/h5-7,10H,2-4,8-9,11H2,1H3. The van der Waals surface area contributed by atoms with E-state index in [1.807, 2.05) is 17.7 Å². The van der Waals surface area contributed by atoms with Crippen LogP contribution in [0.5, 0.6) is 0 Å². The van der Waals surface area contributed by atoms with Crippen LogP contribution in [0.2, 0.25) is 0 Å². The average Bonchev–Trinajstić information content (AvgIpc) is 2.69. The van der Waals surface area contributed by atoms with Crippen LogP contribution in [0.15, 0.2) is 24.4 Å². The van der Waals surface area contributed by atoms with Crippen LogP contribution in [-0.4, -0.2) is 22.6 Å². The van der Waals surface area contributed by atoms with E-state index < -0.39 is 0 Å². The predicted octanol–water partition coefficient (Wildman–Crippen LogP) is 3.30. The van der Waals surface area contributed by atoms with E-state index in [9.17, 15) is 4.39 Å². The second kappa shape index (κ2) is 4.73. The van der Waals surface area contributed by atoms with E-state index in [1.54, 1.807) is 6.07 Å². The zero-order valence-corrected chi connectivity index (χ0v) is 10.8. The van der Waals surface area contributed by atoms with Gasteiger partial charge in [0.1, 0.15) is 5.82 Å². The van der Waals surface area contributed by atoms with Crippen molar-refractivity contribution in [1.29, 1.82) is 0 Å². The molecule has 0 saturated carbocycles. The molecular formula is C15H19FN2. The van der Waals surface area contributed by atoms with Gasteiger partial charge in [-0.3, -0.25) is 4.90 Å². The number of nitrogens with zero attached hydrogens (tertiary/aromatic N) is 2. The van der Waals surface area contributed by atoms with Crippen molar-refractivity contribution in [3.63, 3.8) is 0 Å². The van der Waals surface area contributed by atoms with E-state index in [1.165, 1.54) is 44.0 Å². The number of hydrogen-bond donors (Lipinski definition) is 0. The molecule has 1 aliphatic heterocycles. The fourth-order valence-electron chi connectivity index (χ4n) is 2.99. The number of aromatic nitrogens is 1. The van der Waals surface area contributed by atoms with Gasteiger partial charge in [-0.25, -0.2) is 4.39 Å². The maximum absolute atomic E-state index is 13.8. The largest absolute Gasteiger partial charge is 0.348 e. The summed E-state index contributed by atoms with van der Waals surface area (Å²) in [7, 11) is 1.92. The van der Waals surface area contributed by atoms with Crippen LogP contribution >= 0.6 is 0 Å². The van der Waals surface area contributed by atoms with Gasteiger partial charge >= 0.3 is 0 Å². The molecule has 0 bridgehead atoms. The topological polar surface area (TPSA) is 8.17 Å². The summed E-state index contributed by atoms with van der Waals surface area (Å²) in [6.45, 7) is 3.29. The minimum Gasteiger partial charge on any atom is -0.348 e. The summed E-state index contributed by atoms with van der Waals surface area (Å²) in [5.74, 6) is -0.125. The molecule has 2 nitrogen and oxygen atoms in total. The monoisotopic (exact) mass is 246 g/mol. The van der Waals surface area contributed by atoms with Crippen molar-refractivity contribution in [3.8, 4) is 0 Å². The number of likely N-dealkylation sites (tertiary alicyclic amines) is 1. The maximum atomic E-state index is 13.8. The van der Waals surface area contributed by atoms with E-state index >= 15 is 0 Å². The molecule has 0 spiro atoms. The molecule has 1 aromatic heterocycles. The second-order valence-electron chi connectivity index (χ2n) is 5.24. The third-order valence-electron chi connectivity index (χ3n) is 3.88. The molecule has 1 fully saturated rings. The van der Waals surface area contributed by atoms with Crippen LogP contribution < -0.4 is 0 Å². The van der Waals surface area contributed by atoms with E-state index in [2.05, 4.69) is 11.1 Å². The van der Waals surface area contributed by atoms with E-state index in [0.29, 0.717) is 0 Å². The zero-order chi connectivity index (χ0) is 12.5. The van der Waals surface area contributed by atoms with Crippen molar-refractivity contribution >= 4 is 10.9 Å². The highest BCUT2D eigenvalue weighted by atomic mass is 19.1. The first kappa shape index (κ1) is 11.7. The maximum Gasteiger partial charge on any atom is 0.147 e. The number of halogens is 1. The summed E-state index contributed by atoms with van der Waals surface area (Å²) in [6, 6.07) is 5.36. The highest BCUT2D eigenvalue weighted by Gasteiger charge is 2.15. The zero-order valence-electron chi connectivity index (χ0n) is 10.8. The first-order valence-electron chi connectivity index (χ1n) is 6.70. The molecule has 3 heteroatoms. The summed E-state index contributed by atoms with van der Waals surface area (Å²) < 4.78 is 15.7. The van der Waals surface area contributed by atoms with Crippen LogP contribution in [0, 0.1) is 5.82 Å². The highest BCUT2D eigenvalue weighted by Crippen LogP contribution is 2.25. The molecule has 0 radical (unpaired) electrons. The predicted molar refractivity (Wildman–Crippen MR) is 72.0 cm³/mol. The van der Waals surface area contributed by atoms with Crippen LogP contribution in [-0.2, 0) is 13.6 Å². The van der Waals surface area contributed by atoms with Gasteiger partial charge in [0, 0.05) is 25.2 Å². The fourth-order valence-corrected chi connectivity index (χ4v) is 2.99. The molecule has 0 N–H and O–H groups in total. The quantitative estimate of drug-likeness (QED) is 0.789. The van der Waals surface area contributed by atoms with Gasteiger partial charge in [0.15, 0.2) is 0 Å². The highest BCUT2D eigenvalue weighted by molar-refractivity contribution is 5.84. The Balaban J connectivity index is 1.94. The first-order valence-corrected chi connectivity index (χ1v) is 6.70. The molecule has 1 saturated heterocycles. The minimum absolute atomic E-state index is 0.125. The van der Waals surface area contributed by atoms with E-state index in [-0.39, 0.29) is 5.82 Å². The number of piperidine rings is 1. The molecule has 2 aromatic rings. The molecule has 96 valence electrons. The summed E-state index contributed by atoms with van der Waals surface area (Å²) in [5.41, 5.74) is 1.97. The number of rotatable bonds is 2. The normalized spacial score (nSPS) is 17.4. The second-order valence-corrected chi connectivity index (χ2v) is 5.24. The van der Waals surface area contributed by atoms with Crippen molar-refractivity contribution in [1.82, 2.24) is 9.47 Å². The Morgan fingerprint density at radius 3 is 2.72 bits per heavy atom. The van der Waals surface area contributed by atoms with Gasteiger partial charge in [-0.05, 0) is 37.6 Å². The Bertz CT molecular complexity index is 553. The van der Waals surface area contributed by atoms with Crippen LogP contribution in [0.1, 0.15) is 24.8 Å². The molecule has 18 heavy (non-hydrogen) atoms. The molecule has 0 unspecified atom stereocenters. The van der Waals surface area contributed by atoms with Crippen molar-refractivity contribution in [2.45, 2.75) is 25.8 Å². The summed E-state index contributed by atoms with van der Waals surface area (Å²) >= 11 is 0. The molecule has 1 aliphatic rings. The number of hydrogen-bond acceptors (Lipinski definition) is 1. The third kappa shape index (κ3) is 2.03. The van der Waals surface area contributed by atoms with Crippen LogP contribution in [0.25, 0.3) is 10.9 Å². The lowest BCUT2D eigenvalue weighted by molar-refractivity contribution is 0.221. The van der Waals surface area contributed by atoms with Gasteiger partial charge in [-0.2, -0.15) is 0 Å². The first-order chi connectivity index (χ1) is 8.75. The number of fused-ring (bicyclic) bond motifs is 1. The lowest BCUT2D eigenvalue weighted by Crippen LogP contribution is -2.28. The number of aryl methyl sites for hydroxylation is 1. The van der Waals surface area contributed by atoms with Crippen molar-refractivity contribution in [2.75, 3.05) is 13.1 Å². The Hall–Kier alpha value is -1.35. The summed E-state index contributed by atoms with van der Waals surface area (Å²) in [4.78, 5) is 2.48. The van der Waals surface area contributed by atoms with Gasteiger partial charge < -0.3 is 4.57 Å². The van der Waals surface area contributed by atoms with Gasteiger partial charge in [-0.15, -0.1) is 0 Å². The van der Waals surface area contributed by atoms with Gasteiger partial charge in [0.25, 0.3) is 0 Å². The van der Waals surface area contributed by atoms with Crippen molar-refractivity contribution in [3.05, 3.63) is 35.8 Å². The van der Waals surface area contributed by atoms with Gasteiger partial charge in [-0.1, -0.05) is 18.6 Å². The Labute approximate surface area is 107 Å². The third-order valence-corrected chi connectivity index (χ3v) is 3.88. The van der Waals surface area contributed by atoms with Gasteiger partial charge in [0.2, 0.25) is 0 Å². The van der Waals surface area contributed by atoms with Crippen LogP contribution in [0.4, 0.5) is 4.39 Å². The molecule has 1 aromatic carbocycles. The van der Waals surface area contributed by atoms with E-state index in [0.717, 1.165) is 17.4 Å². The molecule has 0 aliphatic carbocycles. The lowest BCUT2D eigenvalue weighted by atomic mass is 10.1. The summed E-state index contributed by atoms with van der Waals surface area (Å²) in [6.07, 6.45) is 6.00. The Kier molecular flexibility index (Phi) is 3.08. The summed E-state index contributed by atoms with van der Waals surface area (Å²) in [5, 5.41) is 1.06. The van der Waals surface area contributed by atoms with E-state index in [4.69, 9.17) is 0 Å². The Morgan fingerprint density at radius 1 is 1.17 bits per heavy atom. The molecule has 3 rings (SSSR count). The lowest BCUT2D eigenvalue weighted by Gasteiger charge is -2.26. The molecule has 2 heterocycles. The SMILES string of the molecule is Cn1cc(CN2CCCCC2)c2cccc(F)c21. The minimum atomic E-state index is -0.125. The molecule has 0 atom stereocenters. The smallest absolute Gasteiger partial charge is 0.147 e. The average molecular weight is 246 g/mol. The van der Waals surface area contributed by atoms with Crippen molar-refractivity contribution < 1.29 is 4.39 Å². The molecular weight excluding hydrogens is 227 g/mol. The Morgan fingerprint density at radius 2 is 1.94 bits per heavy atom.